The number of nitrogens with zero attached hydrogens (tertiary/aromatic N) is 2. The van der Waals surface area contributed by atoms with Gasteiger partial charge in [0.15, 0.2) is 0 Å². The van der Waals surface area contributed by atoms with Gasteiger partial charge in [0.25, 0.3) is 5.91 Å². The number of carbonyl (C=O) groups excluding carboxylic acids is 2. The second-order valence-electron chi connectivity index (χ2n) is 5.60. The number of carbonyl (C=O) groups is 2. The van der Waals surface area contributed by atoms with Crippen LogP contribution in [0.2, 0.25) is 0 Å². The number of benzene rings is 2. The molecular formula is C18H17N3O3. The highest BCUT2D eigenvalue weighted by atomic mass is 16.5. The predicted molar refractivity (Wildman–Crippen MR) is 89.4 cm³/mol. The van der Waals surface area contributed by atoms with Crippen molar-refractivity contribution in [3.05, 3.63) is 65.9 Å². The fourth-order valence-electron chi connectivity index (χ4n) is 2.36. The van der Waals surface area contributed by atoms with E-state index in [9.17, 15) is 9.59 Å². The largest absolute Gasteiger partial charge is 0.444 e. The minimum absolute atomic E-state index is 0.294. The van der Waals surface area contributed by atoms with Crippen molar-refractivity contribution in [2.75, 3.05) is 14.1 Å². The zero-order chi connectivity index (χ0) is 17.1. The Morgan fingerprint density at radius 3 is 2.58 bits per heavy atom. The van der Waals surface area contributed by atoms with Crippen molar-refractivity contribution in [3.63, 3.8) is 0 Å². The highest BCUT2D eigenvalue weighted by molar-refractivity contribution is 5.96. The maximum absolute atomic E-state index is 12.5. The van der Waals surface area contributed by atoms with Gasteiger partial charge in [0.2, 0.25) is 6.10 Å². The van der Waals surface area contributed by atoms with E-state index in [-0.39, 0.29) is 5.91 Å². The molecule has 6 heteroatoms. The van der Waals surface area contributed by atoms with E-state index >= 15 is 0 Å². The average molecular weight is 323 g/mol. The van der Waals surface area contributed by atoms with Crippen LogP contribution in [0.4, 0.5) is 0 Å². The van der Waals surface area contributed by atoms with Gasteiger partial charge in [-0.3, -0.25) is 9.89 Å². The van der Waals surface area contributed by atoms with Crippen LogP contribution in [0.3, 0.4) is 0 Å². The summed E-state index contributed by atoms with van der Waals surface area (Å²) >= 11 is 0. The number of hydrogen-bond acceptors (Lipinski definition) is 4. The van der Waals surface area contributed by atoms with Gasteiger partial charge in [-0.1, -0.05) is 36.4 Å². The monoisotopic (exact) mass is 323 g/mol. The molecule has 1 heterocycles. The van der Waals surface area contributed by atoms with Crippen LogP contribution in [0.1, 0.15) is 22.0 Å². The molecule has 0 aliphatic carbocycles. The highest BCUT2D eigenvalue weighted by Gasteiger charge is 2.27. The lowest BCUT2D eigenvalue weighted by Crippen LogP contribution is -2.31. The molecule has 0 aliphatic rings. The first-order valence-corrected chi connectivity index (χ1v) is 7.46. The number of likely N-dealkylation sites (N-methyl/N-ethyl adjacent to an activating group) is 1. The first kappa shape index (κ1) is 15.7. The molecule has 0 spiro atoms. The Hall–Kier alpha value is -3.15. The van der Waals surface area contributed by atoms with Gasteiger partial charge in [0, 0.05) is 25.0 Å². The topological polar surface area (TPSA) is 75.3 Å². The zero-order valence-electron chi connectivity index (χ0n) is 13.4. The van der Waals surface area contributed by atoms with E-state index < -0.39 is 12.1 Å². The fraction of sp³-hybridized carbons (Fsp3) is 0.167. The van der Waals surface area contributed by atoms with Crippen molar-refractivity contribution in [1.82, 2.24) is 15.1 Å². The van der Waals surface area contributed by atoms with E-state index in [0.29, 0.717) is 11.1 Å². The van der Waals surface area contributed by atoms with E-state index in [1.54, 1.807) is 62.8 Å². The standard InChI is InChI=1S/C18H17N3O3/c1-21(2)17(22)16(12-6-4-3-5-7-12)24-18(23)13-8-9-14-11-19-20-15(14)10-13/h3-11,16H,1-2H3,(H,19,20)/t16-/m0/s1. The van der Waals surface area contributed by atoms with Crippen LogP contribution in [0.5, 0.6) is 0 Å². The van der Waals surface area contributed by atoms with Gasteiger partial charge < -0.3 is 9.64 Å². The Kier molecular flexibility index (Phi) is 4.29. The molecule has 2 aromatic carbocycles. The van der Waals surface area contributed by atoms with Crippen LogP contribution in [-0.2, 0) is 9.53 Å². The number of hydrogen-bond donors (Lipinski definition) is 1. The molecule has 122 valence electrons. The second kappa shape index (κ2) is 6.54. The van der Waals surface area contributed by atoms with Crippen molar-refractivity contribution in [2.24, 2.45) is 0 Å². The van der Waals surface area contributed by atoms with Crippen LogP contribution < -0.4 is 0 Å². The predicted octanol–water partition coefficient (Wildman–Crippen LogP) is 2.55. The first-order valence-electron chi connectivity index (χ1n) is 7.46. The number of aromatic nitrogens is 2. The summed E-state index contributed by atoms with van der Waals surface area (Å²) in [6, 6.07) is 14.1. The molecule has 0 aliphatic heterocycles. The van der Waals surface area contributed by atoms with Crippen LogP contribution >= 0.6 is 0 Å². The molecule has 0 unspecified atom stereocenters. The smallest absolute Gasteiger partial charge is 0.339 e. The molecule has 1 amide bonds. The molecule has 24 heavy (non-hydrogen) atoms. The van der Waals surface area contributed by atoms with Gasteiger partial charge in [0.1, 0.15) is 0 Å². The Balaban J connectivity index is 1.88. The van der Waals surface area contributed by atoms with Crippen LogP contribution in [0, 0.1) is 0 Å². The lowest BCUT2D eigenvalue weighted by atomic mass is 10.1. The average Bonchev–Trinajstić information content (AvgIpc) is 3.07. The summed E-state index contributed by atoms with van der Waals surface area (Å²) < 4.78 is 5.51. The Morgan fingerprint density at radius 2 is 1.88 bits per heavy atom. The van der Waals surface area contributed by atoms with Crippen LogP contribution in [-0.4, -0.2) is 41.1 Å². The molecule has 1 N–H and O–H groups in total. The number of ether oxygens (including phenoxy) is 1. The number of H-pyrrole nitrogens is 1. The van der Waals surface area contributed by atoms with E-state index in [4.69, 9.17) is 4.74 Å². The van der Waals surface area contributed by atoms with Crippen LogP contribution in [0.25, 0.3) is 10.9 Å². The molecule has 0 saturated heterocycles. The van der Waals surface area contributed by atoms with Gasteiger partial charge in [-0.2, -0.15) is 5.10 Å². The van der Waals surface area contributed by atoms with Crippen molar-refractivity contribution >= 4 is 22.8 Å². The second-order valence-corrected chi connectivity index (χ2v) is 5.60. The number of fused-ring (bicyclic) bond motifs is 1. The molecule has 1 atom stereocenters. The summed E-state index contributed by atoms with van der Waals surface area (Å²) in [4.78, 5) is 26.3. The van der Waals surface area contributed by atoms with Gasteiger partial charge in [-0.15, -0.1) is 0 Å². The van der Waals surface area contributed by atoms with Gasteiger partial charge in [-0.25, -0.2) is 4.79 Å². The van der Waals surface area contributed by atoms with Gasteiger partial charge >= 0.3 is 5.97 Å². The summed E-state index contributed by atoms with van der Waals surface area (Å²) in [6.45, 7) is 0. The summed E-state index contributed by atoms with van der Waals surface area (Å²) in [6.07, 6.45) is 0.693. The zero-order valence-corrected chi connectivity index (χ0v) is 13.4. The van der Waals surface area contributed by atoms with Crippen molar-refractivity contribution in [2.45, 2.75) is 6.10 Å². The Morgan fingerprint density at radius 1 is 1.12 bits per heavy atom. The number of amides is 1. The minimum Gasteiger partial charge on any atom is -0.444 e. The molecule has 1 aromatic heterocycles. The molecule has 3 aromatic rings. The molecule has 0 saturated carbocycles. The van der Waals surface area contributed by atoms with E-state index in [0.717, 1.165) is 10.9 Å². The SMILES string of the molecule is CN(C)C(=O)[C@@H](OC(=O)c1ccc2cn[nH]c2c1)c1ccccc1. The Labute approximate surface area is 139 Å². The molecule has 0 radical (unpaired) electrons. The number of aromatic amines is 1. The van der Waals surface area contributed by atoms with E-state index in [1.807, 2.05) is 6.07 Å². The normalized spacial score (nSPS) is 11.9. The minimum atomic E-state index is -0.980. The number of rotatable bonds is 4. The summed E-state index contributed by atoms with van der Waals surface area (Å²) in [5.41, 5.74) is 1.73. The van der Waals surface area contributed by atoms with Crippen molar-refractivity contribution < 1.29 is 14.3 Å². The lowest BCUT2D eigenvalue weighted by molar-refractivity contribution is -0.138. The molecule has 3 rings (SSSR count). The summed E-state index contributed by atoms with van der Waals surface area (Å²) in [7, 11) is 3.26. The van der Waals surface area contributed by atoms with E-state index in [2.05, 4.69) is 10.2 Å². The first-order chi connectivity index (χ1) is 11.6. The molecule has 0 bridgehead atoms. The number of esters is 1. The van der Waals surface area contributed by atoms with Crippen molar-refractivity contribution in [1.29, 1.82) is 0 Å². The molecular weight excluding hydrogens is 306 g/mol. The maximum Gasteiger partial charge on any atom is 0.339 e. The highest BCUT2D eigenvalue weighted by Crippen LogP contribution is 2.22. The summed E-state index contributed by atoms with van der Waals surface area (Å²) in [5.74, 6) is -0.854. The fourth-order valence-corrected chi connectivity index (χ4v) is 2.36. The third kappa shape index (κ3) is 3.12. The maximum atomic E-state index is 12.5. The van der Waals surface area contributed by atoms with E-state index in [1.165, 1.54) is 4.90 Å². The van der Waals surface area contributed by atoms with Crippen LogP contribution in [0.15, 0.2) is 54.7 Å². The third-order valence-electron chi connectivity index (χ3n) is 3.67. The quantitative estimate of drug-likeness (QED) is 0.749. The molecule has 6 nitrogen and oxygen atoms in total. The van der Waals surface area contributed by atoms with Gasteiger partial charge in [-0.05, 0) is 12.1 Å². The third-order valence-corrected chi connectivity index (χ3v) is 3.67. The summed E-state index contributed by atoms with van der Waals surface area (Å²) in [5, 5.41) is 7.63. The molecule has 0 fully saturated rings. The lowest BCUT2D eigenvalue weighted by Gasteiger charge is -2.21. The Bertz CT molecular complexity index is 871. The van der Waals surface area contributed by atoms with Crippen molar-refractivity contribution in [3.8, 4) is 0 Å². The van der Waals surface area contributed by atoms with Gasteiger partial charge in [0.05, 0.1) is 17.3 Å². The number of nitrogens with one attached hydrogen (secondary N) is 1.